The Morgan fingerprint density at radius 2 is 2.04 bits per heavy atom. The summed E-state index contributed by atoms with van der Waals surface area (Å²) >= 11 is 6.99. The molecule has 2 aromatic heterocycles. The molecule has 7 heteroatoms. The van der Waals surface area contributed by atoms with Crippen LogP contribution < -0.4 is 4.74 Å². The predicted molar refractivity (Wildman–Crippen MR) is 92.1 cm³/mol. The number of allylic oxidation sites excluding steroid dienone is 1. The lowest BCUT2D eigenvalue weighted by atomic mass is 10.3. The van der Waals surface area contributed by atoms with Crippen LogP contribution in [0.25, 0.3) is 6.08 Å². The van der Waals surface area contributed by atoms with Gasteiger partial charge in [0.1, 0.15) is 23.9 Å². The molecular weight excluding hydrogens is 370 g/mol. The molecule has 3 rings (SSSR count). The Balaban J connectivity index is 1.60. The van der Waals surface area contributed by atoms with Crippen molar-refractivity contribution in [2.75, 3.05) is 0 Å². The third kappa shape index (κ3) is 4.55. The molecule has 0 unspecified atom stereocenters. The summed E-state index contributed by atoms with van der Waals surface area (Å²) in [5.74, 6) is -0.817. The van der Waals surface area contributed by atoms with Crippen LogP contribution in [-0.4, -0.2) is 5.78 Å². The Hall–Kier alpha value is -2.44. The zero-order valence-electron chi connectivity index (χ0n) is 12.7. The minimum atomic E-state index is -0.785. The van der Waals surface area contributed by atoms with Gasteiger partial charge in [-0.2, -0.15) is 0 Å². The molecule has 0 aliphatic rings. The summed E-state index contributed by atoms with van der Waals surface area (Å²) in [6.45, 7) is -0.0229. The van der Waals surface area contributed by atoms with Gasteiger partial charge in [-0.1, -0.05) is 11.6 Å². The van der Waals surface area contributed by atoms with Gasteiger partial charge < -0.3 is 9.15 Å². The first-order chi connectivity index (χ1) is 12.0. The maximum atomic E-state index is 13.5. The van der Waals surface area contributed by atoms with E-state index in [0.717, 1.165) is 12.1 Å². The smallest absolute Gasteiger partial charge is 0.195 e. The lowest BCUT2D eigenvalue weighted by Crippen LogP contribution is -1.96. The number of carbonyl (C=O) groups excluding carboxylic acids is 1. The van der Waals surface area contributed by atoms with Crippen molar-refractivity contribution in [3.05, 3.63) is 80.9 Å². The minimum absolute atomic E-state index is 0.0229. The standard InChI is InChI=1S/C18H11ClF2O3S/c19-18-8-7-17(25-18)15(22)5-4-12-2-3-13(24-12)10-23-16-6-1-11(20)9-14(16)21/h1-9H,10H2/b5-4+. The topological polar surface area (TPSA) is 39.4 Å². The fourth-order valence-electron chi connectivity index (χ4n) is 1.99. The van der Waals surface area contributed by atoms with Gasteiger partial charge in [-0.15, -0.1) is 11.3 Å². The average molecular weight is 381 g/mol. The normalized spacial score (nSPS) is 11.2. The lowest BCUT2D eigenvalue weighted by Gasteiger charge is -2.05. The molecule has 0 radical (unpaired) electrons. The second-order valence-corrected chi connectivity index (χ2v) is 6.68. The summed E-state index contributed by atoms with van der Waals surface area (Å²) in [5.41, 5.74) is 0. The SMILES string of the molecule is O=C(/C=C/c1ccc(COc2ccc(F)cc2F)o1)c1ccc(Cl)s1. The van der Waals surface area contributed by atoms with Crippen LogP contribution in [0.4, 0.5) is 8.78 Å². The zero-order valence-corrected chi connectivity index (χ0v) is 14.2. The number of rotatable bonds is 6. The van der Waals surface area contributed by atoms with Crippen LogP contribution in [0, 0.1) is 11.6 Å². The number of hydrogen-bond acceptors (Lipinski definition) is 4. The highest BCUT2D eigenvalue weighted by Crippen LogP contribution is 2.23. The first-order valence-corrected chi connectivity index (χ1v) is 8.35. The first kappa shape index (κ1) is 17.4. The van der Waals surface area contributed by atoms with E-state index in [0.29, 0.717) is 20.7 Å². The van der Waals surface area contributed by atoms with Gasteiger partial charge in [0.05, 0.1) is 9.21 Å². The van der Waals surface area contributed by atoms with E-state index in [9.17, 15) is 13.6 Å². The molecule has 1 aromatic carbocycles. The van der Waals surface area contributed by atoms with Crippen LogP contribution in [0.15, 0.2) is 53.0 Å². The molecular formula is C18H11ClF2O3S. The monoisotopic (exact) mass is 380 g/mol. The van der Waals surface area contributed by atoms with E-state index in [-0.39, 0.29) is 18.1 Å². The van der Waals surface area contributed by atoms with Gasteiger partial charge in [0.15, 0.2) is 17.3 Å². The zero-order chi connectivity index (χ0) is 17.8. The second kappa shape index (κ2) is 7.63. The molecule has 0 N–H and O–H groups in total. The van der Waals surface area contributed by atoms with Crippen molar-refractivity contribution < 1.29 is 22.7 Å². The summed E-state index contributed by atoms with van der Waals surface area (Å²) in [7, 11) is 0. The molecule has 0 aliphatic heterocycles. The van der Waals surface area contributed by atoms with Gasteiger partial charge in [0, 0.05) is 6.07 Å². The molecule has 0 spiro atoms. The highest BCUT2D eigenvalue weighted by molar-refractivity contribution is 7.18. The van der Waals surface area contributed by atoms with Crippen LogP contribution in [0.3, 0.4) is 0 Å². The molecule has 0 saturated heterocycles. The minimum Gasteiger partial charge on any atom is -0.483 e. The summed E-state index contributed by atoms with van der Waals surface area (Å²) in [5, 5.41) is 0. The van der Waals surface area contributed by atoms with Gasteiger partial charge in [0.2, 0.25) is 0 Å². The van der Waals surface area contributed by atoms with Crippen molar-refractivity contribution in [3.8, 4) is 5.75 Å². The van der Waals surface area contributed by atoms with E-state index in [1.165, 1.54) is 29.6 Å². The molecule has 0 saturated carbocycles. The highest BCUT2D eigenvalue weighted by atomic mass is 35.5. The Morgan fingerprint density at radius 3 is 2.76 bits per heavy atom. The van der Waals surface area contributed by atoms with E-state index < -0.39 is 11.6 Å². The Morgan fingerprint density at radius 1 is 1.20 bits per heavy atom. The number of ether oxygens (including phenoxy) is 1. The van der Waals surface area contributed by atoms with Crippen molar-refractivity contribution in [3.63, 3.8) is 0 Å². The average Bonchev–Trinajstić information content (AvgIpc) is 3.21. The number of ketones is 1. The number of carbonyl (C=O) groups is 1. The summed E-state index contributed by atoms with van der Waals surface area (Å²) < 4.78 is 37.6. The largest absolute Gasteiger partial charge is 0.483 e. The van der Waals surface area contributed by atoms with Gasteiger partial charge in [-0.05, 0) is 48.6 Å². The van der Waals surface area contributed by atoms with Crippen molar-refractivity contribution in [2.45, 2.75) is 6.61 Å². The van der Waals surface area contributed by atoms with Crippen molar-refractivity contribution in [1.82, 2.24) is 0 Å². The lowest BCUT2D eigenvalue weighted by molar-refractivity contribution is 0.105. The van der Waals surface area contributed by atoms with Gasteiger partial charge in [0.25, 0.3) is 0 Å². The van der Waals surface area contributed by atoms with Gasteiger partial charge in [-0.3, -0.25) is 4.79 Å². The van der Waals surface area contributed by atoms with Crippen molar-refractivity contribution in [2.24, 2.45) is 0 Å². The summed E-state index contributed by atoms with van der Waals surface area (Å²) in [4.78, 5) is 12.5. The number of halogens is 3. The van der Waals surface area contributed by atoms with E-state index in [1.807, 2.05) is 0 Å². The van der Waals surface area contributed by atoms with Crippen LogP contribution in [0.2, 0.25) is 4.34 Å². The van der Waals surface area contributed by atoms with Crippen LogP contribution in [0.5, 0.6) is 5.75 Å². The molecule has 128 valence electrons. The molecule has 0 aliphatic carbocycles. The molecule has 0 atom stereocenters. The fourth-order valence-corrected chi connectivity index (χ4v) is 2.95. The van der Waals surface area contributed by atoms with Gasteiger partial charge >= 0.3 is 0 Å². The third-order valence-corrected chi connectivity index (χ3v) is 4.41. The predicted octanol–water partition coefficient (Wildman–Crippen LogP) is 5.75. The van der Waals surface area contributed by atoms with Crippen molar-refractivity contribution in [1.29, 1.82) is 0 Å². The number of thiophene rings is 1. The van der Waals surface area contributed by atoms with E-state index >= 15 is 0 Å². The Bertz CT molecular complexity index is 930. The van der Waals surface area contributed by atoms with E-state index in [2.05, 4.69) is 0 Å². The van der Waals surface area contributed by atoms with E-state index in [1.54, 1.807) is 24.3 Å². The molecule has 2 heterocycles. The maximum Gasteiger partial charge on any atom is 0.195 e. The van der Waals surface area contributed by atoms with Gasteiger partial charge in [-0.25, -0.2) is 8.78 Å². The molecule has 0 fully saturated rings. The molecule has 0 bridgehead atoms. The van der Waals surface area contributed by atoms with Crippen molar-refractivity contribution >= 4 is 34.8 Å². The molecule has 3 nitrogen and oxygen atoms in total. The fraction of sp³-hybridized carbons (Fsp3) is 0.0556. The molecule has 25 heavy (non-hydrogen) atoms. The quantitative estimate of drug-likeness (QED) is 0.404. The second-order valence-electron chi connectivity index (χ2n) is 4.97. The van der Waals surface area contributed by atoms with E-state index in [4.69, 9.17) is 20.8 Å². The maximum absolute atomic E-state index is 13.5. The summed E-state index contributed by atoms with van der Waals surface area (Å²) in [6.07, 6.45) is 2.91. The first-order valence-electron chi connectivity index (χ1n) is 7.15. The Kier molecular flexibility index (Phi) is 5.31. The van der Waals surface area contributed by atoms with Crippen LogP contribution in [-0.2, 0) is 6.61 Å². The number of furan rings is 1. The number of benzene rings is 1. The Labute approximate surface area is 151 Å². The summed E-state index contributed by atoms with van der Waals surface area (Å²) in [6, 6.07) is 9.67. The third-order valence-electron chi connectivity index (χ3n) is 3.16. The number of hydrogen-bond donors (Lipinski definition) is 0. The van der Waals surface area contributed by atoms with Crippen LogP contribution in [0.1, 0.15) is 21.2 Å². The highest BCUT2D eigenvalue weighted by Gasteiger charge is 2.08. The molecule has 3 aromatic rings. The van der Waals surface area contributed by atoms with Crippen LogP contribution >= 0.6 is 22.9 Å². The molecule has 0 amide bonds.